The van der Waals surface area contributed by atoms with Crippen LogP contribution in [0.15, 0.2) is 0 Å². The summed E-state index contributed by atoms with van der Waals surface area (Å²) < 4.78 is 0. The van der Waals surface area contributed by atoms with Crippen LogP contribution >= 0.6 is 0 Å². The van der Waals surface area contributed by atoms with Crippen molar-refractivity contribution in [3.63, 3.8) is 0 Å². The number of anilines is 2. The van der Waals surface area contributed by atoms with E-state index in [4.69, 9.17) is 5.73 Å². The topological polar surface area (TPSA) is 67.1 Å². The molecule has 5 heteroatoms. The summed E-state index contributed by atoms with van der Waals surface area (Å²) in [7, 11) is 0. The molecule has 2 aliphatic heterocycles. The monoisotopic (exact) mass is 275 g/mol. The zero-order chi connectivity index (χ0) is 13.9. The van der Waals surface area contributed by atoms with Crippen LogP contribution < -0.4 is 11.1 Å². The predicted octanol–water partition coefficient (Wildman–Crippen LogP) is 2.01. The maximum absolute atomic E-state index is 5.92. The average molecular weight is 275 g/mol. The second-order valence-corrected chi connectivity index (χ2v) is 5.89. The average Bonchev–Trinajstić information content (AvgIpc) is 2.71. The lowest BCUT2D eigenvalue weighted by Crippen LogP contribution is -2.33. The van der Waals surface area contributed by atoms with Crippen molar-refractivity contribution in [1.29, 1.82) is 0 Å². The molecule has 3 heterocycles. The van der Waals surface area contributed by atoms with Gasteiger partial charge in [0.15, 0.2) is 0 Å². The molecular weight excluding hydrogens is 250 g/mol. The van der Waals surface area contributed by atoms with Gasteiger partial charge in [0, 0.05) is 18.0 Å². The first-order chi connectivity index (χ1) is 9.78. The molecule has 5 nitrogen and oxygen atoms in total. The van der Waals surface area contributed by atoms with Gasteiger partial charge in [-0.15, -0.1) is 0 Å². The highest BCUT2D eigenvalue weighted by atomic mass is 15.1. The fourth-order valence-electron chi connectivity index (χ4n) is 3.41. The molecule has 0 unspecified atom stereocenters. The summed E-state index contributed by atoms with van der Waals surface area (Å²) in [5.74, 6) is 1.96. The first kappa shape index (κ1) is 13.6. The van der Waals surface area contributed by atoms with Crippen LogP contribution in [0.2, 0.25) is 0 Å². The van der Waals surface area contributed by atoms with Crippen LogP contribution in [-0.2, 0) is 6.42 Å². The number of nitrogens with two attached hydrogens (primary N) is 1. The Balaban J connectivity index is 1.87. The van der Waals surface area contributed by atoms with Crippen molar-refractivity contribution in [2.24, 2.45) is 0 Å². The normalized spacial score (nSPS) is 21.1. The van der Waals surface area contributed by atoms with E-state index in [9.17, 15) is 0 Å². The molecule has 110 valence electrons. The minimum Gasteiger partial charge on any atom is -0.370 e. The largest absolute Gasteiger partial charge is 0.370 e. The van der Waals surface area contributed by atoms with Crippen LogP contribution in [0, 0.1) is 0 Å². The number of rotatable bonds is 2. The third-order valence-corrected chi connectivity index (χ3v) is 4.62. The lowest BCUT2D eigenvalue weighted by atomic mass is 9.89. The molecule has 20 heavy (non-hydrogen) atoms. The molecule has 0 amide bonds. The highest BCUT2D eigenvalue weighted by molar-refractivity contribution is 5.51. The second kappa shape index (κ2) is 5.95. The SMILES string of the molecule is CCN1CCC(c2nc(N)nc3c2CCCCN3)CC1. The van der Waals surface area contributed by atoms with Crippen molar-refractivity contribution < 1.29 is 0 Å². The Bertz CT molecular complexity index is 466. The minimum absolute atomic E-state index is 0.422. The first-order valence-electron chi connectivity index (χ1n) is 7.90. The summed E-state index contributed by atoms with van der Waals surface area (Å²) in [6.07, 6.45) is 5.89. The van der Waals surface area contributed by atoms with Gasteiger partial charge < -0.3 is 16.0 Å². The fourth-order valence-corrected chi connectivity index (χ4v) is 3.41. The maximum Gasteiger partial charge on any atom is 0.222 e. The molecule has 0 spiro atoms. The Hall–Kier alpha value is -1.36. The molecule has 0 aliphatic carbocycles. The van der Waals surface area contributed by atoms with Gasteiger partial charge in [0.2, 0.25) is 5.95 Å². The Morgan fingerprint density at radius 2 is 2.05 bits per heavy atom. The van der Waals surface area contributed by atoms with E-state index in [0.29, 0.717) is 11.9 Å². The van der Waals surface area contributed by atoms with Gasteiger partial charge in [0.25, 0.3) is 0 Å². The van der Waals surface area contributed by atoms with Crippen LogP contribution in [0.25, 0.3) is 0 Å². The van der Waals surface area contributed by atoms with Crippen molar-refractivity contribution in [3.8, 4) is 0 Å². The van der Waals surface area contributed by atoms with Gasteiger partial charge in [-0.3, -0.25) is 0 Å². The zero-order valence-electron chi connectivity index (χ0n) is 12.4. The lowest BCUT2D eigenvalue weighted by molar-refractivity contribution is 0.220. The van der Waals surface area contributed by atoms with E-state index < -0.39 is 0 Å². The zero-order valence-corrected chi connectivity index (χ0v) is 12.4. The number of fused-ring (bicyclic) bond motifs is 1. The van der Waals surface area contributed by atoms with Crippen LogP contribution in [0.3, 0.4) is 0 Å². The van der Waals surface area contributed by atoms with Gasteiger partial charge in [-0.25, -0.2) is 4.98 Å². The van der Waals surface area contributed by atoms with Crippen LogP contribution in [0.5, 0.6) is 0 Å². The van der Waals surface area contributed by atoms with E-state index in [1.165, 1.54) is 50.0 Å². The maximum atomic E-state index is 5.92. The molecule has 0 saturated carbocycles. The lowest BCUT2D eigenvalue weighted by Gasteiger charge is -2.31. The fraction of sp³-hybridized carbons (Fsp3) is 0.733. The van der Waals surface area contributed by atoms with E-state index in [-0.39, 0.29) is 0 Å². The number of aromatic nitrogens is 2. The van der Waals surface area contributed by atoms with Crippen LogP contribution in [0.1, 0.15) is 49.8 Å². The summed E-state index contributed by atoms with van der Waals surface area (Å²) in [5, 5.41) is 3.42. The van der Waals surface area contributed by atoms with Gasteiger partial charge in [0.1, 0.15) is 5.82 Å². The number of nitrogens with zero attached hydrogens (tertiary/aromatic N) is 3. The number of hydrogen-bond donors (Lipinski definition) is 2. The van der Waals surface area contributed by atoms with Crippen molar-refractivity contribution in [3.05, 3.63) is 11.3 Å². The summed E-state index contributed by atoms with van der Waals surface area (Å²) in [4.78, 5) is 11.5. The van der Waals surface area contributed by atoms with Crippen LogP contribution in [0.4, 0.5) is 11.8 Å². The highest BCUT2D eigenvalue weighted by Gasteiger charge is 2.26. The summed E-state index contributed by atoms with van der Waals surface area (Å²) in [6, 6.07) is 0. The highest BCUT2D eigenvalue weighted by Crippen LogP contribution is 2.33. The van der Waals surface area contributed by atoms with E-state index in [1.807, 2.05) is 0 Å². The molecule has 1 aromatic heterocycles. The molecule has 0 aromatic carbocycles. The first-order valence-corrected chi connectivity index (χ1v) is 7.90. The van der Waals surface area contributed by atoms with E-state index in [0.717, 1.165) is 25.3 Å². The Labute approximate surface area is 121 Å². The minimum atomic E-state index is 0.422. The molecule has 0 bridgehead atoms. The van der Waals surface area contributed by atoms with Gasteiger partial charge in [-0.05, 0) is 51.7 Å². The standard InChI is InChI=1S/C15H25N5/c1-2-20-9-6-11(7-10-20)13-12-5-3-4-8-17-14(12)19-15(16)18-13/h11H,2-10H2,1H3,(H3,16,17,18,19). The smallest absolute Gasteiger partial charge is 0.222 e. The molecule has 1 fully saturated rings. The summed E-state index contributed by atoms with van der Waals surface area (Å²) >= 11 is 0. The number of likely N-dealkylation sites (tertiary alicyclic amines) is 1. The molecular formula is C15H25N5. The second-order valence-electron chi connectivity index (χ2n) is 5.89. The quantitative estimate of drug-likeness (QED) is 0.864. The number of hydrogen-bond acceptors (Lipinski definition) is 5. The van der Waals surface area contributed by atoms with Gasteiger partial charge in [-0.1, -0.05) is 6.92 Å². The molecule has 2 aliphatic rings. The molecule has 3 rings (SSSR count). The third-order valence-electron chi connectivity index (χ3n) is 4.62. The predicted molar refractivity (Wildman–Crippen MR) is 82.0 cm³/mol. The van der Waals surface area contributed by atoms with Crippen molar-refractivity contribution in [1.82, 2.24) is 14.9 Å². The Morgan fingerprint density at radius 1 is 1.25 bits per heavy atom. The van der Waals surface area contributed by atoms with Crippen molar-refractivity contribution in [2.75, 3.05) is 37.2 Å². The number of nitrogen functional groups attached to an aromatic ring is 1. The Morgan fingerprint density at radius 3 is 2.80 bits per heavy atom. The number of piperidine rings is 1. The molecule has 1 aromatic rings. The molecule has 3 N–H and O–H groups in total. The van der Waals surface area contributed by atoms with Gasteiger partial charge in [-0.2, -0.15) is 4.98 Å². The Kier molecular flexibility index (Phi) is 4.05. The van der Waals surface area contributed by atoms with Crippen molar-refractivity contribution >= 4 is 11.8 Å². The van der Waals surface area contributed by atoms with Gasteiger partial charge in [0.05, 0.1) is 5.69 Å². The third kappa shape index (κ3) is 2.73. The molecule has 1 saturated heterocycles. The van der Waals surface area contributed by atoms with E-state index in [1.54, 1.807) is 0 Å². The van der Waals surface area contributed by atoms with Crippen LogP contribution in [-0.4, -0.2) is 41.0 Å². The number of nitrogens with one attached hydrogen (secondary N) is 1. The van der Waals surface area contributed by atoms with E-state index in [2.05, 4.69) is 27.1 Å². The van der Waals surface area contributed by atoms with Crippen molar-refractivity contribution in [2.45, 2.75) is 44.9 Å². The summed E-state index contributed by atoms with van der Waals surface area (Å²) in [5.41, 5.74) is 8.47. The molecule has 0 radical (unpaired) electrons. The van der Waals surface area contributed by atoms with Gasteiger partial charge >= 0.3 is 0 Å². The van der Waals surface area contributed by atoms with E-state index >= 15 is 0 Å². The summed E-state index contributed by atoms with van der Waals surface area (Å²) in [6.45, 7) is 6.73. The molecule has 0 atom stereocenters.